The van der Waals surface area contributed by atoms with Crippen molar-refractivity contribution in [2.75, 3.05) is 18.4 Å². The van der Waals surface area contributed by atoms with E-state index in [9.17, 15) is 14.7 Å². The molecule has 2 atom stereocenters. The number of hydrogen-bond donors (Lipinski definition) is 2. The Kier molecular flexibility index (Phi) is 7.55. The molecule has 0 spiro atoms. The highest BCUT2D eigenvalue weighted by atomic mass is 32.1. The molecule has 2 heterocycles. The number of rotatable bonds is 9. The average molecular weight is 526 g/mol. The lowest BCUT2D eigenvalue weighted by molar-refractivity contribution is -0.253. The lowest BCUT2D eigenvalue weighted by atomic mass is 9.87. The Labute approximate surface area is 219 Å². The Morgan fingerprint density at radius 3 is 2.59 bits per heavy atom. The quantitative estimate of drug-likeness (QED) is 0.346. The van der Waals surface area contributed by atoms with Crippen molar-refractivity contribution in [3.8, 4) is 0 Å². The van der Waals surface area contributed by atoms with Crippen LogP contribution >= 0.6 is 11.3 Å². The molecule has 2 N–H and O–H groups in total. The van der Waals surface area contributed by atoms with E-state index in [1.807, 2.05) is 49.4 Å². The van der Waals surface area contributed by atoms with Gasteiger partial charge in [0.05, 0.1) is 27.7 Å². The summed E-state index contributed by atoms with van der Waals surface area (Å²) in [5, 5.41) is 12.7. The second-order valence-electron chi connectivity index (χ2n) is 10.0. The highest BCUT2D eigenvalue weighted by molar-refractivity contribution is 7.16. The van der Waals surface area contributed by atoms with Crippen molar-refractivity contribution in [1.29, 1.82) is 0 Å². The summed E-state index contributed by atoms with van der Waals surface area (Å²) in [7, 11) is 0. The van der Waals surface area contributed by atoms with Gasteiger partial charge < -0.3 is 15.2 Å². The van der Waals surface area contributed by atoms with Crippen LogP contribution in [0.2, 0.25) is 0 Å². The van der Waals surface area contributed by atoms with Gasteiger partial charge in [0.1, 0.15) is 6.04 Å². The van der Waals surface area contributed by atoms with E-state index >= 15 is 4.39 Å². The Balaban J connectivity index is 1.49. The van der Waals surface area contributed by atoms with E-state index in [-0.39, 0.29) is 0 Å². The number of carbonyl (C=O) groups is 2. The predicted molar refractivity (Wildman–Crippen MR) is 141 cm³/mol. The van der Waals surface area contributed by atoms with Gasteiger partial charge in [-0.2, -0.15) is 4.39 Å². The number of ketones is 1. The minimum atomic E-state index is -2.62. The van der Waals surface area contributed by atoms with Gasteiger partial charge in [-0.25, -0.2) is 9.88 Å². The molecule has 1 saturated carbocycles. The third-order valence-corrected chi connectivity index (χ3v) is 8.35. The average Bonchev–Trinajstić information content (AvgIpc) is 3.60. The molecule has 2 fully saturated rings. The molecule has 196 valence electrons. The normalized spacial score (nSPS) is 23.0. The Morgan fingerprint density at radius 1 is 1.16 bits per heavy atom. The topological polar surface area (TPSA) is 91.8 Å². The molecule has 1 aliphatic heterocycles. The van der Waals surface area contributed by atoms with Crippen LogP contribution in [0.3, 0.4) is 0 Å². The SMILES string of the molecule is Cc1ccccc1NC(C(=O)C(F)(OC1CCC(C(=O)O)CC1)N1CCCC1)c1ccc2ncsc2c1. The Hall–Kier alpha value is -2.88. The maximum absolute atomic E-state index is 17.1. The minimum absolute atomic E-state index is 0.409. The van der Waals surface area contributed by atoms with Gasteiger partial charge in [0, 0.05) is 18.8 Å². The molecule has 9 heteroatoms. The second kappa shape index (κ2) is 10.8. The van der Waals surface area contributed by atoms with Gasteiger partial charge in [-0.15, -0.1) is 11.3 Å². The number of Topliss-reactive ketones (excluding diaryl/α,β-unsaturated/α-hetero) is 1. The summed E-state index contributed by atoms with van der Waals surface area (Å²) in [4.78, 5) is 31.5. The number of hydrogen-bond acceptors (Lipinski definition) is 7. The number of aromatic nitrogens is 1. The Morgan fingerprint density at radius 2 is 1.89 bits per heavy atom. The first-order valence-electron chi connectivity index (χ1n) is 12.9. The first-order chi connectivity index (χ1) is 17.8. The molecule has 1 saturated heterocycles. The van der Waals surface area contributed by atoms with E-state index in [1.165, 1.54) is 16.2 Å². The standard InChI is InChI=1S/C28H32FN3O4S/c1-18-6-2-3-7-22(18)31-25(20-10-13-23-24(16-20)37-17-30-23)26(33)28(29,32-14-4-5-15-32)36-21-11-8-19(9-12-21)27(34)35/h2-3,6-7,10,13,16-17,19,21,25,31H,4-5,8-9,11-12,14-15H2,1H3,(H,34,35). The van der Waals surface area contributed by atoms with Crippen LogP contribution in [0.1, 0.15) is 55.7 Å². The zero-order chi connectivity index (χ0) is 26.0. The fourth-order valence-electron chi connectivity index (χ4n) is 5.36. The van der Waals surface area contributed by atoms with E-state index in [4.69, 9.17) is 4.74 Å². The number of benzene rings is 2. The number of aryl methyl sites for hydroxylation is 1. The van der Waals surface area contributed by atoms with Crippen molar-refractivity contribution >= 4 is 39.0 Å². The number of carbonyl (C=O) groups excluding carboxylic acids is 1. The van der Waals surface area contributed by atoms with Crippen LogP contribution < -0.4 is 5.32 Å². The Bertz CT molecular complexity index is 1270. The van der Waals surface area contributed by atoms with Gasteiger partial charge in [0.2, 0.25) is 5.78 Å². The number of carboxylic acids is 1. The molecule has 1 aliphatic carbocycles. The number of halogens is 1. The molecule has 3 aromatic rings. The van der Waals surface area contributed by atoms with Crippen LogP contribution in [0, 0.1) is 12.8 Å². The molecule has 2 aliphatic rings. The highest BCUT2D eigenvalue weighted by Crippen LogP contribution is 2.38. The number of carboxylic acid groups (broad SMARTS) is 1. The van der Waals surface area contributed by atoms with E-state index in [2.05, 4.69) is 10.3 Å². The van der Waals surface area contributed by atoms with Crippen molar-refractivity contribution in [2.24, 2.45) is 5.92 Å². The summed E-state index contributed by atoms with van der Waals surface area (Å²) >= 11 is 1.47. The monoisotopic (exact) mass is 525 g/mol. The molecule has 2 aromatic carbocycles. The summed E-state index contributed by atoms with van der Waals surface area (Å²) in [6.45, 7) is 2.80. The van der Waals surface area contributed by atoms with Crippen LogP contribution in [0.5, 0.6) is 0 Å². The van der Waals surface area contributed by atoms with Gasteiger partial charge in [0.15, 0.2) is 0 Å². The molecular formula is C28H32FN3O4S. The van der Waals surface area contributed by atoms with E-state index in [0.29, 0.717) is 44.3 Å². The van der Waals surface area contributed by atoms with Crippen LogP contribution in [0.4, 0.5) is 10.1 Å². The summed E-state index contributed by atoms with van der Waals surface area (Å²) in [5.41, 5.74) is 4.91. The molecule has 1 aromatic heterocycles. The van der Waals surface area contributed by atoms with E-state index in [1.54, 1.807) is 5.51 Å². The fourth-order valence-corrected chi connectivity index (χ4v) is 6.09. The van der Waals surface area contributed by atoms with Gasteiger partial charge >= 0.3 is 11.9 Å². The summed E-state index contributed by atoms with van der Waals surface area (Å²) in [5.74, 6) is -4.60. The van der Waals surface area contributed by atoms with Crippen LogP contribution in [-0.4, -0.2) is 51.9 Å². The molecule has 2 unspecified atom stereocenters. The van der Waals surface area contributed by atoms with E-state index < -0.39 is 35.8 Å². The number of para-hydroxylation sites is 1. The molecular weight excluding hydrogens is 493 g/mol. The van der Waals surface area contributed by atoms with Crippen molar-refractivity contribution in [3.63, 3.8) is 0 Å². The second-order valence-corrected chi connectivity index (χ2v) is 10.9. The van der Waals surface area contributed by atoms with E-state index in [0.717, 1.165) is 34.3 Å². The lowest BCUT2D eigenvalue weighted by Crippen LogP contribution is -2.56. The number of likely N-dealkylation sites (tertiary alicyclic amines) is 1. The third-order valence-electron chi connectivity index (χ3n) is 7.56. The van der Waals surface area contributed by atoms with Crippen LogP contribution in [-0.2, 0) is 14.3 Å². The first-order valence-corrected chi connectivity index (χ1v) is 13.8. The number of nitrogens with zero attached hydrogens (tertiary/aromatic N) is 2. The number of alkyl halides is 1. The number of thiazole rings is 1. The molecule has 5 rings (SSSR count). The van der Waals surface area contributed by atoms with Crippen LogP contribution in [0.15, 0.2) is 48.0 Å². The fraction of sp³-hybridized carbons (Fsp3) is 0.464. The van der Waals surface area contributed by atoms with Crippen molar-refractivity contribution < 1.29 is 23.8 Å². The van der Waals surface area contributed by atoms with Crippen molar-refractivity contribution in [2.45, 2.75) is 63.6 Å². The summed E-state index contributed by atoms with van der Waals surface area (Å²) < 4.78 is 24.1. The zero-order valence-corrected chi connectivity index (χ0v) is 21.7. The summed E-state index contributed by atoms with van der Waals surface area (Å²) in [6.07, 6.45) is 2.70. The largest absolute Gasteiger partial charge is 0.481 e. The number of fused-ring (bicyclic) bond motifs is 1. The molecule has 37 heavy (non-hydrogen) atoms. The maximum Gasteiger partial charge on any atom is 0.332 e. The number of ether oxygens (including phenoxy) is 1. The number of aliphatic carboxylic acids is 1. The molecule has 0 amide bonds. The molecule has 0 bridgehead atoms. The van der Waals surface area contributed by atoms with Gasteiger partial charge in [-0.05, 0) is 74.8 Å². The predicted octanol–water partition coefficient (Wildman–Crippen LogP) is 5.71. The molecule has 0 radical (unpaired) electrons. The lowest BCUT2D eigenvalue weighted by Gasteiger charge is -2.39. The number of nitrogens with one attached hydrogen (secondary N) is 1. The molecule has 7 nitrogen and oxygen atoms in total. The first kappa shape index (κ1) is 25.8. The van der Waals surface area contributed by atoms with Gasteiger partial charge in [-0.3, -0.25) is 9.59 Å². The van der Waals surface area contributed by atoms with Crippen molar-refractivity contribution in [1.82, 2.24) is 9.88 Å². The maximum atomic E-state index is 17.1. The van der Waals surface area contributed by atoms with Crippen LogP contribution in [0.25, 0.3) is 10.2 Å². The zero-order valence-electron chi connectivity index (χ0n) is 20.9. The highest BCUT2D eigenvalue weighted by Gasteiger charge is 2.52. The third kappa shape index (κ3) is 5.39. The van der Waals surface area contributed by atoms with Gasteiger partial charge in [-0.1, -0.05) is 24.3 Å². The number of anilines is 1. The smallest absolute Gasteiger partial charge is 0.332 e. The minimum Gasteiger partial charge on any atom is -0.481 e. The van der Waals surface area contributed by atoms with Crippen molar-refractivity contribution in [3.05, 3.63) is 59.1 Å². The summed E-state index contributed by atoms with van der Waals surface area (Å²) in [6, 6.07) is 12.2. The van der Waals surface area contributed by atoms with Gasteiger partial charge in [0.25, 0.3) is 0 Å².